The Balaban J connectivity index is 2.14. The Hall–Kier alpha value is -1.09. The van der Waals surface area contributed by atoms with Crippen LogP contribution in [-0.2, 0) is 0 Å². The van der Waals surface area contributed by atoms with Gasteiger partial charge in [-0.25, -0.2) is 4.98 Å². The minimum Gasteiger partial charge on any atom is -0.352 e. The molecule has 0 unspecified atom stereocenters. The van der Waals surface area contributed by atoms with Gasteiger partial charge in [0, 0.05) is 24.3 Å². The molecule has 1 saturated heterocycles. The van der Waals surface area contributed by atoms with Crippen LogP contribution in [0.2, 0.25) is 0 Å². The number of nitrogens with zero attached hydrogens (tertiary/aromatic N) is 3. The van der Waals surface area contributed by atoms with Gasteiger partial charge in [0.15, 0.2) is 0 Å². The third-order valence-electron chi connectivity index (χ3n) is 4.41. The van der Waals surface area contributed by atoms with Gasteiger partial charge in [-0.15, -0.1) is 0 Å². The number of anilines is 1. The maximum atomic E-state index is 4.76. The van der Waals surface area contributed by atoms with Gasteiger partial charge in [0.1, 0.15) is 5.82 Å². The molecule has 0 radical (unpaired) electrons. The summed E-state index contributed by atoms with van der Waals surface area (Å²) in [7, 11) is 0. The molecule has 1 aromatic heterocycles. The first-order valence-corrected chi connectivity index (χ1v) is 8.53. The first-order chi connectivity index (χ1) is 10.0. The van der Waals surface area contributed by atoms with E-state index >= 15 is 0 Å². The van der Waals surface area contributed by atoms with Crippen molar-refractivity contribution in [3.05, 3.63) is 23.9 Å². The zero-order valence-electron chi connectivity index (χ0n) is 14.3. The summed E-state index contributed by atoms with van der Waals surface area (Å²) in [6.45, 7) is 13.6. The van der Waals surface area contributed by atoms with Crippen molar-refractivity contribution in [2.45, 2.75) is 72.0 Å². The summed E-state index contributed by atoms with van der Waals surface area (Å²) in [5.41, 5.74) is 1.39. The van der Waals surface area contributed by atoms with Crippen LogP contribution in [0.25, 0.3) is 0 Å². The molecule has 1 aliphatic heterocycles. The number of likely N-dealkylation sites (tertiary alicyclic amines) is 1. The third-order valence-corrected chi connectivity index (χ3v) is 4.41. The van der Waals surface area contributed by atoms with Gasteiger partial charge < -0.3 is 4.90 Å². The van der Waals surface area contributed by atoms with E-state index in [9.17, 15) is 0 Å². The Bertz CT molecular complexity index is 417. The largest absolute Gasteiger partial charge is 0.352 e. The second kappa shape index (κ2) is 7.26. The van der Waals surface area contributed by atoms with Crippen molar-refractivity contribution in [3.8, 4) is 0 Å². The van der Waals surface area contributed by atoms with Crippen molar-refractivity contribution < 1.29 is 0 Å². The summed E-state index contributed by atoms with van der Waals surface area (Å²) in [4.78, 5) is 9.75. The average Bonchev–Trinajstić information content (AvgIpc) is 2.87. The first kappa shape index (κ1) is 16.3. The molecule has 0 amide bonds. The summed E-state index contributed by atoms with van der Waals surface area (Å²) in [6.07, 6.45) is 5.93. The van der Waals surface area contributed by atoms with Crippen LogP contribution in [-0.4, -0.2) is 35.1 Å². The predicted octanol–water partition coefficient (Wildman–Crippen LogP) is 4.25. The molecule has 0 bridgehead atoms. The standard InChI is InChI=1S/C18H31N3/c1-6-11-20-12-7-8-17(20)16-9-10-18(19-13-16)21(14(2)3)15(4)5/h9-10,13-15,17H,6-8,11-12H2,1-5H3/t17-/m0/s1. The molecule has 1 fully saturated rings. The highest BCUT2D eigenvalue weighted by Gasteiger charge is 2.25. The maximum absolute atomic E-state index is 4.76. The topological polar surface area (TPSA) is 19.4 Å². The van der Waals surface area contributed by atoms with Crippen LogP contribution in [0.1, 0.15) is 65.5 Å². The first-order valence-electron chi connectivity index (χ1n) is 8.53. The third kappa shape index (κ3) is 3.76. The fourth-order valence-electron chi connectivity index (χ4n) is 3.63. The molecule has 3 nitrogen and oxygen atoms in total. The maximum Gasteiger partial charge on any atom is 0.128 e. The van der Waals surface area contributed by atoms with Gasteiger partial charge in [0.05, 0.1) is 0 Å². The Morgan fingerprint density at radius 3 is 2.48 bits per heavy atom. The van der Waals surface area contributed by atoms with Crippen LogP contribution >= 0.6 is 0 Å². The molecule has 0 spiro atoms. The molecule has 0 saturated carbocycles. The SMILES string of the molecule is CCCN1CCC[C@H]1c1ccc(N(C(C)C)C(C)C)nc1. The van der Waals surface area contributed by atoms with Gasteiger partial charge in [-0.1, -0.05) is 13.0 Å². The van der Waals surface area contributed by atoms with Crippen molar-refractivity contribution >= 4 is 5.82 Å². The van der Waals surface area contributed by atoms with E-state index in [2.05, 4.69) is 62.7 Å². The molecule has 0 aromatic carbocycles. The minimum atomic E-state index is 0.478. The van der Waals surface area contributed by atoms with E-state index in [0.29, 0.717) is 18.1 Å². The number of rotatable bonds is 6. The molecule has 0 aliphatic carbocycles. The molecule has 1 aliphatic rings. The average molecular weight is 289 g/mol. The summed E-state index contributed by atoms with van der Waals surface area (Å²) in [5, 5.41) is 0. The van der Waals surface area contributed by atoms with Crippen molar-refractivity contribution in [1.82, 2.24) is 9.88 Å². The van der Waals surface area contributed by atoms with E-state index in [1.807, 2.05) is 0 Å². The lowest BCUT2D eigenvalue weighted by atomic mass is 10.1. The van der Waals surface area contributed by atoms with Gasteiger partial charge in [0.25, 0.3) is 0 Å². The molecule has 1 aromatic rings. The van der Waals surface area contributed by atoms with Crippen molar-refractivity contribution in [2.75, 3.05) is 18.0 Å². The second-order valence-electron chi connectivity index (χ2n) is 6.74. The van der Waals surface area contributed by atoms with Crippen LogP contribution in [0.5, 0.6) is 0 Å². The summed E-state index contributed by atoms with van der Waals surface area (Å²) < 4.78 is 0. The summed E-state index contributed by atoms with van der Waals surface area (Å²) in [5.74, 6) is 1.10. The minimum absolute atomic E-state index is 0.478. The van der Waals surface area contributed by atoms with E-state index < -0.39 is 0 Å². The Kier molecular flexibility index (Phi) is 5.63. The lowest BCUT2D eigenvalue weighted by molar-refractivity contribution is 0.257. The van der Waals surface area contributed by atoms with E-state index in [-0.39, 0.29) is 0 Å². The van der Waals surface area contributed by atoms with Crippen molar-refractivity contribution in [3.63, 3.8) is 0 Å². The molecule has 21 heavy (non-hydrogen) atoms. The Morgan fingerprint density at radius 2 is 1.95 bits per heavy atom. The Morgan fingerprint density at radius 1 is 1.24 bits per heavy atom. The summed E-state index contributed by atoms with van der Waals surface area (Å²) >= 11 is 0. The van der Waals surface area contributed by atoms with Crippen LogP contribution < -0.4 is 4.90 Å². The molecule has 3 heteroatoms. The zero-order valence-corrected chi connectivity index (χ0v) is 14.3. The molecule has 1 atom stereocenters. The van der Waals surface area contributed by atoms with Gasteiger partial charge >= 0.3 is 0 Å². The smallest absolute Gasteiger partial charge is 0.128 e. The fraction of sp³-hybridized carbons (Fsp3) is 0.722. The van der Waals surface area contributed by atoms with Gasteiger partial charge in [-0.2, -0.15) is 0 Å². The van der Waals surface area contributed by atoms with Crippen LogP contribution in [0.4, 0.5) is 5.82 Å². The van der Waals surface area contributed by atoms with Crippen molar-refractivity contribution in [2.24, 2.45) is 0 Å². The highest BCUT2D eigenvalue weighted by atomic mass is 15.2. The van der Waals surface area contributed by atoms with Crippen molar-refractivity contribution in [1.29, 1.82) is 0 Å². The van der Waals surface area contributed by atoms with Crippen LogP contribution in [0.15, 0.2) is 18.3 Å². The summed E-state index contributed by atoms with van der Waals surface area (Å²) in [6, 6.07) is 6.03. The fourth-order valence-corrected chi connectivity index (χ4v) is 3.63. The second-order valence-corrected chi connectivity index (χ2v) is 6.74. The van der Waals surface area contributed by atoms with Crippen LogP contribution in [0.3, 0.4) is 0 Å². The molecule has 2 heterocycles. The van der Waals surface area contributed by atoms with Gasteiger partial charge in [-0.05, 0) is 71.7 Å². The normalized spacial score (nSPS) is 19.7. The van der Waals surface area contributed by atoms with Gasteiger partial charge in [0.2, 0.25) is 0 Å². The quantitative estimate of drug-likeness (QED) is 0.780. The number of pyridine rings is 1. The number of aromatic nitrogens is 1. The highest BCUT2D eigenvalue weighted by Crippen LogP contribution is 2.32. The molecular weight excluding hydrogens is 258 g/mol. The number of hydrogen-bond acceptors (Lipinski definition) is 3. The lowest BCUT2D eigenvalue weighted by Gasteiger charge is -2.32. The van der Waals surface area contributed by atoms with E-state index in [1.165, 1.54) is 37.9 Å². The van der Waals surface area contributed by atoms with E-state index in [4.69, 9.17) is 4.98 Å². The Labute approximate surface area is 130 Å². The lowest BCUT2D eigenvalue weighted by Crippen LogP contribution is -2.37. The molecule has 2 rings (SSSR count). The van der Waals surface area contributed by atoms with E-state index in [1.54, 1.807) is 0 Å². The molecule has 118 valence electrons. The monoisotopic (exact) mass is 289 g/mol. The zero-order chi connectivity index (χ0) is 15.4. The molecule has 0 N–H and O–H groups in total. The highest BCUT2D eigenvalue weighted by molar-refractivity contribution is 5.41. The number of hydrogen-bond donors (Lipinski definition) is 0. The predicted molar refractivity (Wildman–Crippen MR) is 90.8 cm³/mol. The van der Waals surface area contributed by atoms with Gasteiger partial charge in [-0.3, -0.25) is 4.90 Å². The molecular formula is C18H31N3. The van der Waals surface area contributed by atoms with Crippen LogP contribution in [0, 0.1) is 0 Å². The van der Waals surface area contributed by atoms with E-state index in [0.717, 1.165) is 5.82 Å².